The number of aromatic amines is 1. The van der Waals surface area contributed by atoms with Gasteiger partial charge in [0.2, 0.25) is 0 Å². The van der Waals surface area contributed by atoms with Crippen LogP contribution in [0.1, 0.15) is 18.6 Å². The number of rotatable bonds is 4. The second-order valence-electron chi connectivity index (χ2n) is 4.63. The smallest absolute Gasteiger partial charge is 0.172 e. The molecule has 0 aliphatic rings. The zero-order valence-corrected chi connectivity index (χ0v) is 12.5. The Hall–Kier alpha value is -2.05. The van der Waals surface area contributed by atoms with Gasteiger partial charge < -0.3 is 14.8 Å². The second-order valence-corrected chi connectivity index (χ2v) is 5.64. The number of aromatic nitrogens is 3. The Morgan fingerprint density at radius 2 is 2.14 bits per heavy atom. The molecular weight excluding hydrogens is 286 g/mol. The zero-order valence-electron chi connectivity index (χ0n) is 11.7. The fraction of sp³-hybridized carbons (Fsp3) is 0.200. The molecule has 0 saturated carbocycles. The minimum absolute atomic E-state index is 0.504. The lowest BCUT2D eigenvalue weighted by molar-refractivity contribution is 0.198. The van der Waals surface area contributed by atoms with Gasteiger partial charge in [-0.25, -0.2) is 9.97 Å². The molecule has 3 aromatic rings. The molecule has 0 radical (unpaired) electrons. The van der Waals surface area contributed by atoms with Gasteiger partial charge in [-0.3, -0.25) is 0 Å². The molecule has 2 heterocycles. The highest BCUT2D eigenvalue weighted by atomic mass is 32.2. The Bertz CT molecular complexity index is 753. The molecule has 0 fully saturated rings. The first-order valence-electron chi connectivity index (χ1n) is 6.51. The Balaban J connectivity index is 1.84. The van der Waals surface area contributed by atoms with Crippen molar-refractivity contribution in [2.24, 2.45) is 0 Å². The molecule has 0 bridgehead atoms. The molecule has 5 nitrogen and oxygen atoms in total. The summed E-state index contributed by atoms with van der Waals surface area (Å²) in [5, 5.41) is 11.1. The number of methoxy groups -OCH3 is 1. The Kier molecular flexibility index (Phi) is 3.81. The average molecular weight is 301 g/mol. The molecule has 2 N–H and O–H groups in total. The Morgan fingerprint density at radius 1 is 1.29 bits per heavy atom. The maximum absolute atomic E-state index is 9.47. The maximum Gasteiger partial charge on any atom is 0.172 e. The average Bonchev–Trinajstić information content (AvgIpc) is 2.88. The third kappa shape index (κ3) is 3.01. The van der Waals surface area contributed by atoms with Crippen LogP contribution < -0.4 is 4.74 Å². The predicted octanol–water partition coefficient (Wildman–Crippen LogP) is 3.17. The number of aliphatic hydroxyl groups is 1. The van der Waals surface area contributed by atoms with Crippen LogP contribution in [0.15, 0.2) is 46.7 Å². The number of ether oxygens (including phenoxy) is 1. The number of fused-ring (bicyclic) bond motifs is 1. The topological polar surface area (TPSA) is 71.0 Å². The van der Waals surface area contributed by atoms with Crippen molar-refractivity contribution in [1.82, 2.24) is 15.0 Å². The highest BCUT2D eigenvalue weighted by Crippen LogP contribution is 2.27. The van der Waals surface area contributed by atoms with Crippen LogP contribution in [0.2, 0.25) is 0 Å². The summed E-state index contributed by atoms with van der Waals surface area (Å²) in [5.41, 5.74) is 2.62. The first kappa shape index (κ1) is 13.9. The molecule has 21 heavy (non-hydrogen) atoms. The van der Waals surface area contributed by atoms with Crippen LogP contribution in [0.25, 0.3) is 11.0 Å². The van der Waals surface area contributed by atoms with Crippen LogP contribution >= 0.6 is 11.8 Å². The van der Waals surface area contributed by atoms with Gasteiger partial charge >= 0.3 is 0 Å². The van der Waals surface area contributed by atoms with E-state index < -0.39 is 6.10 Å². The second kappa shape index (κ2) is 5.75. The molecule has 6 heteroatoms. The standard InChI is InChI=1S/C15H15N3O2S/c1-9(19)10-3-6-14(16-8-10)21-15-17-12-5-4-11(20-2)7-13(12)18-15/h3-9,19H,1-2H3,(H,17,18). The molecule has 1 unspecified atom stereocenters. The summed E-state index contributed by atoms with van der Waals surface area (Å²) in [4.78, 5) is 12.1. The van der Waals surface area contributed by atoms with E-state index in [2.05, 4.69) is 15.0 Å². The number of hydrogen-bond donors (Lipinski definition) is 2. The van der Waals surface area contributed by atoms with Gasteiger partial charge in [0.25, 0.3) is 0 Å². The van der Waals surface area contributed by atoms with Gasteiger partial charge in [0, 0.05) is 12.3 Å². The largest absolute Gasteiger partial charge is 0.497 e. The third-order valence-corrected chi connectivity index (χ3v) is 3.95. The third-order valence-electron chi connectivity index (χ3n) is 3.11. The lowest BCUT2D eigenvalue weighted by atomic mass is 10.2. The summed E-state index contributed by atoms with van der Waals surface area (Å²) in [7, 11) is 1.64. The SMILES string of the molecule is COc1ccc2nc(Sc3ccc(C(C)O)cn3)[nH]c2c1. The first-order chi connectivity index (χ1) is 10.2. The number of nitrogens with zero attached hydrogens (tertiary/aromatic N) is 2. The van der Waals surface area contributed by atoms with Gasteiger partial charge in [0.15, 0.2) is 5.16 Å². The fourth-order valence-electron chi connectivity index (χ4n) is 1.94. The quantitative estimate of drug-likeness (QED) is 0.774. The van der Waals surface area contributed by atoms with E-state index in [1.165, 1.54) is 11.8 Å². The summed E-state index contributed by atoms with van der Waals surface area (Å²) in [6.45, 7) is 1.72. The summed E-state index contributed by atoms with van der Waals surface area (Å²) in [6, 6.07) is 9.45. The van der Waals surface area contributed by atoms with E-state index in [4.69, 9.17) is 4.74 Å². The minimum Gasteiger partial charge on any atom is -0.497 e. The minimum atomic E-state index is -0.504. The number of nitrogens with one attached hydrogen (secondary N) is 1. The Morgan fingerprint density at radius 3 is 2.81 bits per heavy atom. The van der Waals surface area contributed by atoms with E-state index in [-0.39, 0.29) is 0 Å². The zero-order chi connectivity index (χ0) is 14.8. The van der Waals surface area contributed by atoms with Crippen LogP contribution in [0.3, 0.4) is 0 Å². The number of aliphatic hydroxyl groups excluding tert-OH is 1. The van der Waals surface area contributed by atoms with Gasteiger partial charge in [-0.1, -0.05) is 6.07 Å². The van der Waals surface area contributed by atoms with Gasteiger partial charge in [0.1, 0.15) is 10.8 Å². The van der Waals surface area contributed by atoms with E-state index in [1.807, 2.05) is 30.3 Å². The molecule has 0 spiro atoms. The van der Waals surface area contributed by atoms with Crippen molar-refractivity contribution in [1.29, 1.82) is 0 Å². The number of benzene rings is 1. The molecule has 0 aliphatic carbocycles. The van der Waals surface area contributed by atoms with Crippen LogP contribution in [-0.4, -0.2) is 27.2 Å². The van der Waals surface area contributed by atoms with E-state index in [9.17, 15) is 5.11 Å². The van der Waals surface area contributed by atoms with Crippen molar-refractivity contribution >= 4 is 22.8 Å². The van der Waals surface area contributed by atoms with Crippen molar-refractivity contribution in [3.63, 3.8) is 0 Å². The van der Waals surface area contributed by atoms with Crippen molar-refractivity contribution in [3.05, 3.63) is 42.1 Å². The van der Waals surface area contributed by atoms with Crippen LogP contribution in [-0.2, 0) is 0 Å². The van der Waals surface area contributed by atoms with E-state index in [1.54, 1.807) is 20.2 Å². The van der Waals surface area contributed by atoms with Crippen molar-refractivity contribution < 1.29 is 9.84 Å². The molecule has 2 aromatic heterocycles. The summed E-state index contributed by atoms with van der Waals surface area (Å²) in [6.07, 6.45) is 1.17. The van der Waals surface area contributed by atoms with E-state index in [0.29, 0.717) is 0 Å². The van der Waals surface area contributed by atoms with E-state index >= 15 is 0 Å². The van der Waals surface area contributed by atoms with Crippen molar-refractivity contribution in [2.75, 3.05) is 7.11 Å². The van der Waals surface area contributed by atoms with Crippen LogP contribution in [0.4, 0.5) is 0 Å². The number of pyridine rings is 1. The molecule has 3 rings (SSSR count). The van der Waals surface area contributed by atoms with Gasteiger partial charge in [0.05, 0.1) is 24.2 Å². The summed E-state index contributed by atoms with van der Waals surface area (Å²) >= 11 is 1.45. The molecule has 1 aromatic carbocycles. The highest BCUT2D eigenvalue weighted by Gasteiger charge is 2.07. The van der Waals surface area contributed by atoms with Crippen LogP contribution in [0.5, 0.6) is 5.75 Å². The van der Waals surface area contributed by atoms with Gasteiger partial charge in [-0.15, -0.1) is 0 Å². The fourth-order valence-corrected chi connectivity index (χ4v) is 2.68. The molecule has 1 atom stereocenters. The molecule has 0 aliphatic heterocycles. The Labute approximate surface area is 126 Å². The highest BCUT2D eigenvalue weighted by molar-refractivity contribution is 7.99. The lowest BCUT2D eigenvalue weighted by Gasteiger charge is -2.03. The maximum atomic E-state index is 9.47. The number of hydrogen-bond acceptors (Lipinski definition) is 5. The predicted molar refractivity (Wildman–Crippen MR) is 81.6 cm³/mol. The van der Waals surface area contributed by atoms with E-state index in [0.717, 1.165) is 32.5 Å². The number of H-pyrrole nitrogens is 1. The van der Waals surface area contributed by atoms with Gasteiger partial charge in [-0.05, 0) is 42.4 Å². The normalized spacial score (nSPS) is 12.5. The van der Waals surface area contributed by atoms with Crippen LogP contribution in [0, 0.1) is 0 Å². The van der Waals surface area contributed by atoms with Gasteiger partial charge in [-0.2, -0.15) is 0 Å². The molecule has 108 valence electrons. The molecule has 0 saturated heterocycles. The van der Waals surface area contributed by atoms with Crippen molar-refractivity contribution in [2.45, 2.75) is 23.2 Å². The molecule has 0 amide bonds. The van der Waals surface area contributed by atoms with Crippen molar-refractivity contribution in [3.8, 4) is 5.75 Å². The summed E-state index contributed by atoms with van der Waals surface area (Å²) in [5.74, 6) is 0.794. The number of imidazole rings is 1. The molecular formula is C15H15N3O2S. The monoisotopic (exact) mass is 301 g/mol. The first-order valence-corrected chi connectivity index (χ1v) is 7.33. The summed E-state index contributed by atoms with van der Waals surface area (Å²) < 4.78 is 5.19. The lowest BCUT2D eigenvalue weighted by Crippen LogP contribution is -1.92.